The summed E-state index contributed by atoms with van der Waals surface area (Å²) in [5, 5.41) is 10.4. The van der Waals surface area contributed by atoms with E-state index in [0.717, 1.165) is 11.1 Å². The van der Waals surface area contributed by atoms with Crippen molar-refractivity contribution in [2.75, 3.05) is 13.9 Å². The Labute approximate surface area is 125 Å². The molecule has 0 amide bonds. The van der Waals surface area contributed by atoms with E-state index in [9.17, 15) is 5.11 Å². The molecule has 0 aromatic heterocycles. The quantitative estimate of drug-likeness (QED) is 0.792. The molecule has 2 atom stereocenters. The minimum atomic E-state index is -0.747. The molecule has 0 heterocycles. The Hall–Kier alpha value is -1.94. The van der Waals surface area contributed by atoms with Gasteiger partial charge < -0.3 is 14.6 Å². The second-order valence-corrected chi connectivity index (χ2v) is 4.66. The highest BCUT2D eigenvalue weighted by Gasteiger charge is 2.19. The number of aliphatic hydroxyl groups is 1. The summed E-state index contributed by atoms with van der Waals surface area (Å²) in [5.41, 5.74) is 1.95. The van der Waals surface area contributed by atoms with E-state index < -0.39 is 12.2 Å². The van der Waals surface area contributed by atoms with E-state index in [2.05, 4.69) is 0 Å². The third kappa shape index (κ3) is 4.83. The van der Waals surface area contributed by atoms with E-state index in [4.69, 9.17) is 9.47 Å². The molecule has 1 N–H and O–H groups in total. The van der Waals surface area contributed by atoms with Crippen molar-refractivity contribution in [2.24, 2.45) is 0 Å². The lowest BCUT2D eigenvalue weighted by Gasteiger charge is -2.21. The molecular formula is C18H20O3. The Morgan fingerprint density at radius 3 is 2.24 bits per heavy atom. The number of rotatable bonds is 7. The van der Waals surface area contributed by atoms with Crippen molar-refractivity contribution in [3.8, 4) is 0 Å². The molecule has 0 saturated heterocycles. The fraction of sp³-hybridized carbons (Fsp3) is 0.222. The number of hydrogen-bond acceptors (Lipinski definition) is 3. The van der Waals surface area contributed by atoms with Crippen molar-refractivity contribution in [1.82, 2.24) is 0 Å². The fourth-order valence-electron chi connectivity index (χ4n) is 2.05. The zero-order chi connectivity index (χ0) is 14.9. The van der Waals surface area contributed by atoms with Gasteiger partial charge in [-0.3, -0.25) is 0 Å². The highest BCUT2D eigenvalue weighted by molar-refractivity contribution is 5.49. The lowest BCUT2D eigenvalue weighted by molar-refractivity contribution is -0.104. The van der Waals surface area contributed by atoms with Crippen LogP contribution in [0.15, 0.2) is 66.7 Å². The summed E-state index contributed by atoms with van der Waals surface area (Å²) in [7, 11) is 1.56. The van der Waals surface area contributed by atoms with Crippen LogP contribution in [0.3, 0.4) is 0 Å². The zero-order valence-corrected chi connectivity index (χ0v) is 12.1. The molecule has 2 rings (SSSR count). The van der Waals surface area contributed by atoms with Gasteiger partial charge in [-0.1, -0.05) is 72.8 Å². The molecule has 0 fully saturated rings. The Bertz CT molecular complexity index is 537. The van der Waals surface area contributed by atoms with Gasteiger partial charge in [0.1, 0.15) is 19.0 Å². The van der Waals surface area contributed by atoms with Gasteiger partial charge in [-0.25, -0.2) is 0 Å². The van der Waals surface area contributed by atoms with E-state index in [1.165, 1.54) is 0 Å². The summed E-state index contributed by atoms with van der Waals surface area (Å²) in [6.45, 7) is 0.135. The molecule has 3 nitrogen and oxygen atoms in total. The van der Waals surface area contributed by atoms with Crippen LogP contribution in [0.4, 0.5) is 0 Å². The maximum atomic E-state index is 10.4. The first-order valence-electron chi connectivity index (χ1n) is 6.88. The van der Waals surface area contributed by atoms with Crippen molar-refractivity contribution < 1.29 is 14.6 Å². The normalized spacial score (nSPS) is 14.2. The summed E-state index contributed by atoms with van der Waals surface area (Å²) in [5.74, 6) is 0. The maximum Gasteiger partial charge on any atom is 0.147 e. The lowest BCUT2D eigenvalue weighted by atomic mass is 10.0. The SMILES string of the molecule is COCO[C@@H](c1ccccc1)[C@@H](O)/C=C/c1ccccc1. The van der Waals surface area contributed by atoms with Gasteiger partial charge >= 0.3 is 0 Å². The van der Waals surface area contributed by atoms with Gasteiger partial charge in [0.05, 0.1) is 0 Å². The van der Waals surface area contributed by atoms with Gasteiger partial charge in [0.15, 0.2) is 0 Å². The lowest BCUT2D eigenvalue weighted by Crippen LogP contribution is -2.20. The fourth-order valence-corrected chi connectivity index (χ4v) is 2.05. The molecule has 21 heavy (non-hydrogen) atoms. The maximum absolute atomic E-state index is 10.4. The van der Waals surface area contributed by atoms with Crippen LogP contribution in [-0.2, 0) is 9.47 Å². The van der Waals surface area contributed by atoms with Crippen molar-refractivity contribution in [3.05, 3.63) is 77.9 Å². The molecule has 0 saturated carbocycles. The summed E-state index contributed by atoms with van der Waals surface area (Å²) >= 11 is 0. The second-order valence-electron chi connectivity index (χ2n) is 4.66. The molecule has 3 heteroatoms. The molecule has 2 aromatic rings. The van der Waals surface area contributed by atoms with Crippen LogP contribution in [0, 0.1) is 0 Å². The van der Waals surface area contributed by atoms with Gasteiger partial charge in [0.25, 0.3) is 0 Å². The minimum Gasteiger partial charge on any atom is -0.386 e. The topological polar surface area (TPSA) is 38.7 Å². The molecule has 0 unspecified atom stereocenters. The number of hydrogen-bond donors (Lipinski definition) is 1. The van der Waals surface area contributed by atoms with Crippen molar-refractivity contribution >= 4 is 6.08 Å². The standard InChI is InChI=1S/C18H20O3/c1-20-14-21-18(16-10-6-3-7-11-16)17(19)13-12-15-8-4-2-5-9-15/h2-13,17-19H,14H2,1H3/b13-12+/t17-,18-/m0/s1. The molecule has 0 bridgehead atoms. The molecule has 110 valence electrons. The van der Waals surface area contributed by atoms with Crippen molar-refractivity contribution in [3.63, 3.8) is 0 Å². The monoisotopic (exact) mass is 284 g/mol. The number of ether oxygens (including phenoxy) is 2. The van der Waals surface area contributed by atoms with Gasteiger partial charge in [-0.05, 0) is 11.1 Å². The molecular weight excluding hydrogens is 264 g/mol. The molecule has 0 aliphatic rings. The van der Waals surface area contributed by atoms with Crippen LogP contribution in [0.2, 0.25) is 0 Å². The van der Waals surface area contributed by atoms with E-state index in [1.807, 2.05) is 66.7 Å². The van der Waals surface area contributed by atoms with Crippen LogP contribution < -0.4 is 0 Å². The van der Waals surface area contributed by atoms with Gasteiger partial charge in [0, 0.05) is 7.11 Å². The van der Waals surface area contributed by atoms with Crippen LogP contribution in [0.5, 0.6) is 0 Å². The first kappa shape index (κ1) is 15.4. The predicted molar refractivity (Wildman–Crippen MR) is 83.6 cm³/mol. The van der Waals surface area contributed by atoms with E-state index in [-0.39, 0.29) is 6.79 Å². The number of methoxy groups -OCH3 is 1. The van der Waals surface area contributed by atoms with Crippen LogP contribution in [0.25, 0.3) is 6.08 Å². The predicted octanol–water partition coefficient (Wildman–Crippen LogP) is 3.42. The molecule has 0 aliphatic carbocycles. The first-order chi connectivity index (χ1) is 10.3. The zero-order valence-electron chi connectivity index (χ0n) is 12.1. The Morgan fingerprint density at radius 2 is 1.62 bits per heavy atom. The Morgan fingerprint density at radius 1 is 1.00 bits per heavy atom. The minimum absolute atomic E-state index is 0.135. The molecule has 0 aliphatic heterocycles. The molecule has 2 aromatic carbocycles. The average molecular weight is 284 g/mol. The van der Waals surface area contributed by atoms with Gasteiger partial charge in [0.2, 0.25) is 0 Å². The molecule has 0 radical (unpaired) electrons. The van der Waals surface area contributed by atoms with Crippen molar-refractivity contribution in [2.45, 2.75) is 12.2 Å². The summed E-state index contributed by atoms with van der Waals surface area (Å²) in [4.78, 5) is 0. The average Bonchev–Trinajstić information content (AvgIpc) is 2.55. The van der Waals surface area contributed by atoms with Gasteiger partial charge in [-0.15, -0.1) is 0 Å². The highest BCUT2D eigenvalue weighted by Crippen LogP contribution is 2.22. The van der Waals surface area contributed by atoms with Gasteiger partial charge in [-0.2, -0.15) is 0 Å². The van der Waals surface area contributed by atoms with Crippen LogP contribution >= 0.6 is 0 Å². The van der Waals surface area contributed by atoms with Crippen LogP contribution in [-0.4, -0.2) is 25.1 Å². The van der Waals surface area contributed by atoms with Crippen LogP contribution in [0.1, 0.15) is 17.2 Å². The van der Waals surface area contributed by atoms with Crippen molar-refractivity contribution in [1.29, 1.82) is 0 Å². The Balaban J connectivity index is 2.11. The largest absolute Gasteiger partial charge is 0.386 e. The first-order valence-corrected chi connectivity index (χ1v) is 6.88. The summed E-state index contributed by atoms with van der Waals surface area (Å²) in [6, 6.07) is 19.5. The number of aliphatic hydroxyl groups excluding tert-OH is 1. The van der Waals surface area contributed by atoms with E-state index in [1.54, 1.807) is 13.2 Å². The molecule has 0 spiro atoms. The highest BCUT2D eigenvalue weighted by atomic mass is 16.7. The van der Waals surface area contributed by atoms with E-state index in [0.29, 0.717) is 0 Å². The Kier molecular flexibility index (Phi) is 6.16. The second kappa shape index (κ2) is 8.37. The van der Waals surface area contributed by atoms with E-state index >= 15 is 0 Å². The third-order valence-electron chi connectivity index (χ3n) is 3.09. The summed E-state index contributed by atoms with van der Waals surface area (Å²) in [6.07, 6.45) is 2.42. The third-order valence-corrected chi connectivity index (χ3v) is 3.09. The summed E-state index contributed by atoms with van der Waals surface area (Å²) < 4.78 is 10.6. The smallest absolute Gasteiger partial charge is 0.147 e. The number of benzene rings is 2.